The lowest BCUT2D eigenvalue weighted by molar-refractivity contribution is 0.138. The van der Waals surface area contributed by atoms with Crippen LogP contribution >= 0.6 is 0 Å². The summed E-state index contributed by atoms with van der Waals surface area (Å²) in [5.41, 5.74) is 0. The molecule has 0 aromatic carbocycles. The largest absolute Gasteiger partial charge is 0.316 e. The van der Waals surface area contributed by atoms with Crippen LogP contribution in [0.25, 0.3) is 0 Å². The third-order valence-electron chi connectivity index (χ3n) is 3.85. The fraction of sp³-hybridized carbons (Fsp3) is 1.00. The molecule has 2 nitrogen and oxygen atoms in total. The molecule has 2 heteroatoms. The van der Waals surface area contributed by atoms with Crippen LogP contribution in [0.15, 0.2) is 0 Å². The monoisotopic (exact) mass is 198 g/mol. The van der Waals surface area contributed by atoms with Crippen molar-refractivity contribution in [2.75, 3.05) is 26.7 Å². The lowest BCUT2D eigenvalue weighted by atomic mass is 9.88. The Labute approximate surface area is 89.1 Å². The molecule has 1 heterocycles. The van der Waals surface area contributed by atoms with Gasteiger partial charge >= 0.3 is 0 Å². The van der Waals surface area contributed by atoms with Crippen LogP contribution in [0.2, 0.25) is 0 Å². The van der Waals surface area contributed by atoms with E-state index in [1.807, 2.05) is 0 Å². The molecule has 1 saturated heterocycles. The highest BCUT2D eigenvalue weighted by molar-refractivity contribution is 4.81. The summed E-state index contributed by atoms with van der Waals surface area (Å²) in [7, 11) is 2.26. The van der Waals surface area contributed by atoms with E-state index in [1.54, 1.807) is 0 Å². The van der Waals surface area contributed by atoms with Crippen LogP contribution < -0.4 is 5.32 Å². The SMILES string of the molecule is CC(C)C(C)N(C)CC(C)C1CNC1. The molecule has 14 heavy (non-hydrogen) atoms. The van der Waals surface area contributed by atoms with E-state index in [1.165, 1.54) is 19.6 Å². The molecular weight excluding hydrogens is 172 g/mol. The summed E-state index contributed by atoms with van der Waals surface area (Å²) in [5, 5.41) is 3.35. The molecule has 2 unspecified atom stereocenters. The van der Waals surface area contributed by atoms with Gasteiger partial charge in [-0.25, -0.2) is 0 Å². The lowest BCUT2D eigenvalue weighted by Gasteiger charge is -2.37. The first-order chi connectivity index (χ1) is 6.52. The van der Waals surface area contributed by atoms with E-state index in [4.69, 9.17) is 0 Å². The highest BCUT2D eigenvalue weighted by Crippen LogP contribution is 2.18. The predicted molar refractivity (Wildman–Crippen MR) is 62.5 cm³/mol. The molecule has 1 aliphatic heterocycles. The normalized spacial score (nSPS) is 22.5. The molecule has 0 aliphatic carbocycles. The molecule has 1 fully saturated rings. The molecule has 0 bridgehead atoms. The smallest absolute Gasteiger partial charge is 0.00869 e. The average molecular weight is 198 g/mol. The Morgan fingerprint density at radius 3 is 2.14 bits per heavy atom. The summed E-state index contributed by atoms with van der Waals surface area (Å²) in [5.74, 6) is 2.51. The fourth-order valence-corrected chi connectivity index (χ4v) is 1.99. The number of hydrogen-bond acceptors (Lipinski definition) is 2. The van der Waals surface area contributed by atoms with Gasteiger partial charge in [0.25, 0.3) is 0 Å². The van der Waals surface area contributed by atoms with Crippen LogP contribution in [-0.4, -0.2) is 37.6 Å². The molecule has 0 aromatic heterocycles. The summed E-state index contributed by atoms with van der Waals surface area (Å²) in [4.78, 5) is 2.51. The van der Waals surface area contributed by atoms with E-state index in [0.717, 1.165) is 17.8 Å². The van der Waals surface area contributed by atoms with Crippen molar-refractivity contribution in [2.45, 2.75) is 33.7 Å². The van der Waals surface area contributed by atoms with Gasteiger partial charge in [0.2, 0.25) is 0 Å². The van der Waals surface area contributed by atoms with Crippen molar-refractivity contribution in [3.8, 4) is 0 Å². The Morgan fingerprint density at radius 1 is 1.21 bits per heavy atom. The first-order valence-corrected chi connectivity index (χ1v) is 5.93. The maximum Gasteiger partial charge on any atom is 0.00869 e. The lowest BCUT2D eigenvalue weighted by Crippen LogP contribution is -2.49. The fourth-order valence-electron chi connectivity index (χ4n) is 1.99. The second-order valence-corrected chi connectivity index (χ2v) is 5.32. The van der Waals surface area contributed by atoms with E-state index in [9.17, 15) is 0 Å². The van der Waals surface area contributed by atoms with Crippen molar-refractivity contribution in [3.63, 3.8) is 0 Å². The Balaban J connectivity index is 2.27. The van der Waals surface area contributed by atoms with Crippen molar-refractivity contribution >= 4 is 0 Å². The minimum Gasteiger partial charge on any atom is -0.316 e. The van der Waals surface area contributed by atoms with Gasteiger partial charge in [0.15, 0.2) is 0 Å². The number of rotatable bonds is 5. The molecule has 1 N–H and O–H groups in total. The zero-order chi connectivity index (χ0) is 10.7. The third kappa shape index (κ3) is 2.96. The van der Waals surface area contributed by atoms with Crippen molar-refractivity contribution in [2.24, 2.45) is 17.8 Å². The second kappa shape index (κ2) is 5.13. The molecule has 84 valence electrons. The Bertz CT molecular complexity index is 164. The maximum atomic E-state index is 3.35. The summed E-state index contributed by atoms with van der Waals surface area (Å²) < 4.78 is 0. The first-order valence-electron chi connectivity index (χ1n) is 5.93. The molecule has 2 atom stereocenters. The minimum absolute atomic E-state index is 0.700. The van der Waals surface area contributed by atoms with Gasteiger partial charge in [-0.05, 0) is 44.8 Å². The molecule has 0 spiro atoms. The molecule has 0 aromatic rings. The quantitative estimate of drug-likeness (QED) is 0.725. The molecule has 1 aliphatic rings. The van der Waals surface area contributed by atoms with Gasteiger partial charge in [0.1, 0.15) is 0 Å². The highest BCUT2D eigenvalue weighted by atomic mass is 15.1. The van der Waals surface area contributed by atoms with Crippen LogP contribution in [-0.2, 0) is 0 Å². The summed E-state index contributed by atoms with van der Waals surface area (Å²) >= 11 is 0. The molecule has 1 rings (SSSR count). The van der Waals surface area contributed by atoms with Gasteiger partial charge in [-0.3, -0.25) is 0 Å². The summed E-state index contributed by atoms with van der Waals surface area (Å²) in [6.07, 6.45) is 0. The van der Waals surface area contributed by atoms with Crippen LogP contribution in [0.1, 0.15) is 27.7 Å². The van der Waals surface area contributed by atoms with Crippen LogP contribution in [0, 0.1) is 17.8 Å². The first kappa shape index (κ1) is 12.0. The Hall–Kier alpha value is -0.0800. The van der Waals surface area contributed by atoms with Gasteiger partial charge < -0.3 is 10.2 Å². The van der Waals surface area contributed by atoms with E-state index in [-0.39, 0.29) is 0 Å². The van der Waals surface area contributed by atoms with E-state index in [0.29, 0.717) is 6.04 Å². The number of nitrogens with one attached hydrogen (secondary N) is 1. The van der Waals surface area contributed by atoms with Gasteiger partial charge in [-0.15, -0.1) is 0 Å². The zero-order valence-electron chi connectivity index (χ0n) is 10.4. The van der Waals surface area contributed by atoms with Crippen molar-refractivity contribution in [1.29, 1.82) is 0 Å². The Kier molecular flexibility index (Phi) is 4.39. The molecule has 0 radical (unpaired) electrons. The molecular formula is C12H26N2. The van der Waals surface area contributed by atoms with Crippen molar-refractivity contribution in [1.82, 2.24) is 10.2 Å². The Morgan fingerprint density at radius 2 is 1.79 bits per heavy atom. The van der Waals surface area contributed by atoms with Gasteiger partial charge in [-0.1, -0.05) is 20.8 Å². The number of nitrogens with zero attached hydrogens (tertiary/aromatic N) is 1. The third-order valence-corrected chi connectivity index (χ3v) is 3.85. The minimum atomic E-state index is 0.700. The van der Waals surface area contributed by atoms with Gasteiger partial charge in [0.05, 0.1) is 0 Å². The number of hydrogen-bond donors (Lipinski definition) is 1. The predicted octanol–water partition coefficient (Wildman–Crippen LogP) is 1.82. The highest BCUT2D eigenvalue weighted by Gasteiger charge is 2.25. The zero-order valence-corrected chi connectivity index (χ0v) is 10.4. The van der Waals surface area contributed by atoms with Crippen LogP contribution in [0.3, 0.4) is 0 Å². The molecule has 0 saturated carbocycles. The van der Waals surface area contributed by atoms with Crippen molar-refractivity contribution < 1.29 is 0 Å². The van der Waals surface area contributed by atoms with E-state index < -0.39 is 0 Å². The topological polar surface area (TPSA) is 15.3 Å². The van der Waals surface area contributed by atoms with E-state index >= 15 is 0 Å². The van der Waals surface area contributed by atoms with E-state index in [2.05, 4.69) is 45.0 Å². The molecule has 0 amide bonds. The van der Waals surface area contributed by atoms with Gasteiger partial charge in [-0.2, -0.15) is 0 Å². The van der Waals surface area contributed by atoms with Crippen LogP contribution in [0.5, 0.6) is 0 Å². The van der Waals surface area contributed by atoms with Gasteiger partial charge in [0, 0.05) is 12.6 Å². The summed E-state index contributed by atoms with van der Waals surface area (Å²) in [6.45, 7) is 13.0. The summed E-state index contributed by atoms with van der Waals surface area (Å²) in [6, 6.07) is 0.700. The maximum absolute atomic E-state index is 3.35. The van der Waals surface area contributed by atoms with Crippen molar-refractivity contribution in [3.05, 3.63) is 0 Å². The van der Waals surface area contributed by atoms with Crippen LogP contribution in [0.4, 0.5) is 0 Å². The second-order valence-electron chi connectivity index (χ2n) is 5.32. The average Bonchev–Trinajstić information content (AvgIpc) is 1.98. The standard InChI is InChI=1S/C12H26N2/c1-9(2)11(4)14(5)8-10(3)12-6-13-7-12/h9-13H,6-8H2,1-5H3.